The molecule has 4 nitrogen and oxygen atoms in total. The molecule has 0 aromatic carbocycles. The van der Waals surface area contributed by atoms with Crippen LogP contribution in [-0.4, -0.2) is 35.4 Å². The number of hydrogen-bond acceptors (Lipinski definition) is 3. The van der Waals surface area contributed by atoms with Gasteiger partial charge in [0.05, 0.1) is 11.3 Å². The second-order valence-corrected chi connectivity index (χ2v) is 4.77. The molecule has 0 aliphatic heterocycles. The quantitative estimate of drug-likeness (QED) is 0.865. The molecule has 100 valence electrons. The zero-order valence-electron chi connectivity index (χ0n) is 11.7. The number of nitrogens with zero attached hydrogens (tertiary/aromatic N) is 2. The minimum atomic E-state index is 0.0443. The van der Waals surface area contributed by atoms with Crippen LogP contribution in [-0.2, 0) is 0 Å². The summed E-state index contributed by atoms with van der Waals surface area (Å²) in [4.78, 5) is 18.6. The first kappa shape index (κ1) is 14.6. The minimum Gasteiger partial charge on any atom is -0.339 e. The Bertz CT molecular complexity index is 418. The molecule has 0 aliphatic rings. The van der Waals surface area contributed by atoms with Crippen LogP contribution in [0.25, 0.3) is 0 Å². The molecule has 0 radical (unpaired) electrons. The number of aryl methyl sites for hydroxylation is 2. The zero-order chi connectivity index (χ0) is 13.7. The second kappa shape index (κ2) is 6.50. The SMILES string of the molecule is CCN(CC(C)CN)C(=O)c1ccc(C)nc1C. The van der Waals surface area contributed by atoms with Gasteiger partial charge in [0.15, 0.2) is 0 Å². The largest absolute Gasteiger partial charge is 0.339 e. The molecule has 2 N–H and O–H groups in total. The second-order valence-electron chi connectivity index (χ2n) is 4.77. The van der Waals surface area contributed by atoms with Crippen molar-refractivity contribution < 1.29 is 4.79 Å². The number of hydrogen-bond donors (Lipinski definition) is 1. The van der Waals surface area contributed by atoms with Crippen molar-refractivity contribution in [1.82, 2.24) is 9.88 Å². The molecule has 0 saturated heterocycles. The molecule has 1 unspecified atom stereocenters. The van der Waals surface area contributed by atoms with E-state index < -0.39 is 0 Å². The summed E-state index contributed by atoms with van der Waals surface area (Å²) >= 11 is 0. The minimum absolute atomic E-state index is 0.0443. The summed E-state index contributed by atoms with van der Waals surface area (Å²) in [6, 6.07) is 3.73. The van der Waals surface area contributed by atoms with E-state index in [1.165, 1.54) is 0 Å². The predicted molar refractivity (Wildman–Crippen MR) is 73.5 cm³/mol. The highest BCUT2D eigenvalue weighted by atomic mass is 16.2. The fourth-order valence-corrected chi connectivity index (χ4v) is 1.89. The maximum atomic E-state index is 12.4. The fraction of sp³-hybridized carbons (Fsp3) is 0.571. The normalized spacial score (nSPS) is 12.3. The van der Waals surface area contributed by atoms with E-state index in [2.05, 4.69) is 11.9 Å². The van der Waals surface area contributed by atoms with E-state index >= 15 is 0 Å². The maximum Gasteiger partial charge on any atom is 0.255 e. The summed E-state index contributed by atoms with van der Waals surface area (Å²) in [5, 5.41) is 0. The molecule has 0 fully saturated rings. The fourth-order valence-electron chi connectivity index (χ4n) is 1.89. The van der Waals surface area contributed by atoms with Gasteiger partial charge in [0.2, 0.25) is 0 Å². The monoisotopic (exact) mass is 249 g/mol. The van der Waals surface area contributed by atoms with Crippen LogP contribution in [0.1, 0.15) is 35.6 Å². The molecule has 1 aromatic rings. The maximum absolute atomic E-state index is 12.4. The summed E-state index contributed by atoms with van der Waals surface area (Å²) in [6.45, 7) is 9.81. The van der Waals surface area contributed by atoms with Crippen LogP contribution in [0.5, 0.6) is 0 Å². The van der Waals surface area contributed by atoms with Gasteiger partial charge in [0, 0.05) is 18.8 Å². The summed E-state index contributed by atoms with van der Waals surface area (Å²) < 4.78 is 0. The van der Waals surface area contributed by atoms with Crippen molar-refractivity contribution in [3.05, 3.63) is 29.1 Å². The molecule has 1 rings (SSSR count). The number of carbonyl (C=O) groups excluding carboxylic acids is 1. The smallest absolute Gasteiger partial charge is 0.255 e. The zero-order valence-corrected chi connectivity index (χ0v) is 11.7. The first-order chi connectivity index (χ1) is 8.49. The first-order valence-corrected chi connectivity index (χ1v) is 6.43. The summed E-state index contributed by atoms with van der Waals surface area (Å²) in [6.07, 6.45) is 0. The van der Waals surface area contributed by atoms with Crippen molar-refractivity contribution >= 4 is 5.91 Å². The predicted octanol–water partition coefficient (Wildman–Crippen LogP) is 1.76. The molecule has 0 bridgehead atoms. The third-order valence-corrected chi connectivity index (χ3v) is 3.06. The van der Waals surface area contributed by atoms with E-state index in [4.69, 9.17) is 5.73 Å². The van der Waals surface area contributed by atoms with E-state index in [1.807, 2.05) is 37.8 Å². The molecule has 0 saturated carbocycles. The van der Waals surface area contributed by atoms with Crippen LogP contribution in [0.2, 0.25) is 0 Å². The highest BCUT2D eigenvalue weighted by Gasteiger charge is 2.18. The number of nitrogens with two attached hydrogens (primary N) is 1. The Morgan fingerprint density at radius 2 is 2.11 bits per heavy atom. The summed E-state index contributed by atoms with van der Waals surface area (Å²) in [7, 11) is 0. The van der Waals surface area contributed by atoms with Crippen LogP contribution in [0.4, 0.5) is 0 Å². The molecule has 18 heavy (non-hydrogen) atoms. The van der Waals surface area contributed by atoms with Gasteiger partial charge in [-0.25, -0.2) is 0 Å². The van der Waals surface area contributed by atoms with Gasteiger partial charge in [-0.05, 0) is 45.4 Å². The van der Waals surface area contributed by atoms with E-state index in [1.54, 1.807) is 0 Å². The van der Waals surface area contributed by atoms with Crippen LogP contribution in [0.3, 0.4) is 0 Å². The Morgan fingerprint density at radius 1 is 1.44 bits per heavy atom. The number of pyridine rings is 1. The third-order valence-electron chi connectivity index (χ3n) is 3.06. The van der Waals surface area contributed by atoms with E-state index in [9.17, 15) is 4.79 Å². The van der Waals surface area contributed by atoms with Crippen LogP contribution < -0.4 is 5.73 Å². The van der Waals surface area contributed by atoms with Crippen molar-refractivity contribution in [3.63, 3.8) is 0 Å². The molecular weight excluding hydrogens is 226 g/mol. The lowest BCUT2D eigenvalue weighted by molar-refractivity contribution is 0.0742. The molecule has 1 heterocycles. The van der Waals surface area contributed by atoms with Crippen LogP contribution in [0.15, 0.2) is 12.1 Å². The number of aromatic nitrogens is 1. The lowest BCUT2D eigenvalue weighted by Gasteiger charge is -2.24. The van der Waals surface area contributed by atoms with Gasteiger partial charge in [-0.1, -0.05) is 6.92 Å². The van der Waals surface area contributed by atoms with Gasteiger partial charge in [0.25, 0.3) is 5.91 Å². The van der Waals surface area contributed by atoms with Gasteiger partial charge in [-0.3, -0.25) is 9.78 Å². The Hall–Kier alpha value is -1.42. The lowest BCUT2D eigenvalue weighted by atomic mass is 10.1. The first-order valence-electron chi connectivity index (χ1n) is 6.43. The molecule has 1 amide bonds. The average Bonchev–Trinajstić information content (AvgIpc) is 2.34. The highest BCUT2D eigenvalue weighted by molar-refractivity contribution is 5.95. The number of rotatable bonds is 5. The number of amides is 1. The van der Waals surface area contributed by atoms with Gasteiger partial charge < -0.3 is 10.6 Å². The van der Waals surface area contributed by atoms with Gasteiger partial charge >= 0.3 is 0 Å². The van der Waals surface area contributed by atoms with Crippen molar-refractivity contribution in [3.8, 4) is 0 Å². The van der Waals surface area contributed by atoms with Gasteiger partial charge in [0.1, 0.15) is 0 Å². The molecule has 1 atom stereocenters. The molecule has 4 heteroatoms. The van der Waals surface area contributed by atoms with E-state index in [-0.39, 0.29) is 5.91 Å². The summed E-state index contributed by atoms with van der Waals surface area (Å²) in [5.74, 6) is 0.357. The van der Waals surface area contributed by atoms with E-state index in [0.717, 1.165) is 11.4 Å². The molecule has 0 spiro atoms. The van der Waals surface area contributed by atoms with Crippen LogP contribution in [0, 0.1) is 19.8 Å². The average molecular weight is 249 g/mol. The molecular formula is C14H23N3O. The van der Waals surface area contributed by atoms with E-state index in [0.29, 0.717) is 31.1 Å². The lowest BCUT2D eigenvalue weighted by Crippen LogP contribution is -2.37. The molecule has 1 aromatic heterocycles. The van der Waals surface area contributed by atoms with Crippen molar-refractivity contribution in [1.29, 1.82) is 0 Å². The van der Waals surface area contributed by atoms with Crippen molar-refractivity contribution in [2.24, 2.45) is 11.7 Å². The van der Waals surface area contributed by atoms with Gasteiger partial charge in [-0.15, -0.1) is 0 Å². The third kappa shape index (κ3) is 3.53. The van der Waals surface area contributed by atoms with Crippen LogP contribution >= 0.6 is 0 Å². The molecule has 0 aliphatic carbocycles. The Labute approximate surface area is 109 Å². The topological polar surface area (TPSA) is 59.2 Å². The summed E-state index contributed by atoms with van der Waals surface area (Å²) in [5.41, 5.74) is 8.02. The Morgan fingerprint density at radius 3 is 2.61 bits per heavy atom. The van der Waals surface area contributed by atoms with Gasteiger partial charge in [-0.2, -0.15) is 0 Å². The Kier molecular flexibility index (Phi) is 5.28. The highest BCUT2D eigenvalue weighted by Crippen LogP contribution is 2.11. The Balaban J connectivity index is 2.89. The van der Waals surface area contributed by atoms with Crippen molar-refractivity contribution in [2.45, 2.75) is 27.7 Å². The van der Waals surface area contributed by atoms with Crippen molar-refractivity contribution in [2.75, 3.05) is 19.6 Å². The number of carbonyl (C=O) groups is 1. The standard InChI is InChI=1S/C14H23N3O/c1-5-17(9-10(2)8-15)14(18)13-7-6-11(3)16-12(13)4/h6-7,10H,5,8-9,15H2,1-4H3.